The molecule has 3 saturated heterocycles. The Bertz CT molecular complexity index is 296. The molecule has 0 N–H and O–H groups in total. The largest absolute Gasteiger partial charge is 0.350 e. The van der Waals surface area contributed by atoms with Crippen molar-refractivity contribution in [2.24, 2.45) is 5.92 Å². The van der Waals surface area contributed by atoms with Crippen LogP contribution in [-0.2, 0) is 14.2 Å². The summed E-state index contributed by atoms with van der Waals surface area (Å²) in [6, 6.07) is 0. The highest BCUT2D eigenvalue weighted by atomic mass is 16.8. The zero-order valence-corrected chi connectivity index (χ0v) is 11.7. The van der Waals surface area contributed by atoms with Gasteiger partial charge in [0.05, 0.1) is 12.7 Å². The molecular weight excluding hydrogens is 228 g/mol. The van der Waals surface area contributed by atoms with Crippen molar-refractivity contribution in [2.45, 2.75) is 82.9 Å². The lowest BCUT2D eigenvalue weighted by Crippen LogP contribution is -2.46. The van der Waals surface area contributed by atoms with Gasteiger partial charge in [-0.3, -0.25) is 0 Å². The quantitative estimate of drug-likeness (QED) is 0.715. The first-order valence-corrected chi connectivity index (χ1v) is 7.65. The topological polar surface area (TPSA) is 27.7 Å². The number of hydrogen-bond donors (Lipinski definition) is 0. The summed E-state index contributed by atoms with van der Waals surface area (Å²) in [5.74, 6) is -0.0589. The van der Waals surface area contributed by atoms with E-state index in [0.29, 0.717) is 12.0 Å². The molecule has 0 unspecified atom stereocenters. The minimum Gasteiger partial charge on any atom is -0.350 e. The van der Waals surface area contributed by atoms with Gasteiger partial charge in [0.2, 0.25) is 0 Å². The first kappa shape index (κ1) is 12.9. The summed E-state index contributed by atoms with van der Waals surface area (Å²) in [6.07, 6.45) is 9.27. The second kappa shape index (κ2) is 4.77. The third-order valence-electron chi connectivity index (χ3n) is 4.73. The SMILES string of the molecule is CC(C)[C@H]1CCC[C@@]2(CC[C@]3(CCCCO3)O2)O1. The van der Waals surface area contributed by atoms with Crippen LogP contribution >= 0.6 is 0 Å². The Hall–Kier alpha value is -0.120. The van der Waals surface area contributed by atoms with Gasteiger partial charge in [-0.05, 0) is 31.6 Å². The first-order valence-electron chi connectivity index (χ1n) is 7.65. The lowest BCUT2D eigenvalue weighted by molar-refractivity contribution is -0.351. The molecule has 3 atom stereocenters. The van der Waals surface area contributed by atoms with Gasteiger partial charge in [0.15, 0.2) is 11.6 Å². The lowest BCUT2D eigenvalue weighted by Gasteiger charge is -2.42. The van der Waals surface area contributed by atoms with Crippen molar-refractivity contribution in [3.63, 3.8) is 0 Å². The normalized spacial score (nSPS) is 45.2. The third-order valence-corrected chi connectivity index (χ3v) is 4.73. The Morgan fingerprint density at radius 1 is 0.944 bits per heavy atom. The molecule has 3 aliphatic rings. The van der Waals surface area contributed by atoms with Crippen LogP contribution in [0.15, 0.2) is 0 Å². The second-order valence-electron chi connectivity index (χ2n) is 6.52. The summed E-state index contributed by atoms with van der Waals surface area (Å²) in [6.45, 7) is 5.33. The van der Waals surface area contributed by atoms with E-state index >= 15 is 0 Å². The number of rotatable bonds is 1. The van der Waals surface area contributed by atoms with Gasteiger partial charge in [0.1, 0.15) is 0 Å². The van der Waals surface area contributed by atoms with Crippen molar-refractivity contribution >= 4 is 0 Å². The Balaban J connectivity index is 1.69. The number of ether oxygens (including phenoxy) is 3. The molecule has 0 aliphatic carbocycles. The van der Waals surface area contributed by atoms with E-state index in [4.69, 9.17) is 14.2 Å². The zero-order chi connectivity index (χ0) is 12.6. The van der Waals surface area contributed by atoms with Crippen molar-refractivity contribution in [2.75, 3.05) is 6.61 Å². The van der Waals surface area contributed by atoms with Crippen LogP contribution in [0.25, 0.3) is 0 Å². The van der Waals surface area contributed by atoms with Crippen LogP contribution in [0.2, 0.25) is 0 Å². The van der Waals surface area contributed by atoms with Crippen LogP contribution in [0.1, 0.15) is 65.2 Å². The summed E-state index contributed by atoms with van der Waals surface area (Å²) < 4.78 is 18.6. The van der Waals surface area contributed by atoms with Crippen LogP contribution in [0.3, 0.4) is 0 Å². The molecule has 3 fully saturated rings. The van der Waals surface area contributed by atoms with E-state index in [1.165, 1.54) is 25.7 Å². The molecular formula is C15H26O3. The molecule has 3 rings (SSSR count). The first-order chi connectivity index (χ1) is 8.63. The molecule has 3 nitrogen and oxygen atoms in total. The second-order valence-corrected chi connectivity index (χ2v) is 6.52. The lowest BCUT2D eigenvalue weighted by atomic mass is 9.93. The summed E-state index contributed by atoms with van der Waals surface area (Å²) in [5, 5.41) is 0. The molecule has 18 heavy (non-hydrogen) atoms. The fraction of sp³-hybridized carbons (Fsp3) is 1.00. The fourth-order valence-corrected chi connectivity index (χ4v) is 3.62. The maximum Gasteiger partial charge on any atom is 0.172 e. The Labute approximate surface area is 110 Å². The van der Waals surface area contributed by atoms with E-state index in [1.54, 1.807) is 0 Å². The molecule has 0 aromatic rings. The van der Waals surface area contributed by atoms with Crippen molar-refractivity contribution < 1.29 is 14.2 Å². The van der Waals surface area contributed by atoms with E-state index in [1.807, 2.05) is 0 Å². The highest BCUT2D eigenvalue weighted by Crippen LogP contribution is 2.49. The van der Waals surface area contributed by atoms with E-state index < -0.39 is 0 Å². The van der Waals surface area contributed by atoms with Crippen LogP contribution in [-0.4, -0.2) is 24.3 Å². The van der Waals surface area contributed by atoms with Crippen molar-refractivity contribution in [1.29, 1.82) is 0 Å². The summed E-state index contributed by atoms with van der Waals surface area (Å²) in [5.41, 5.74) is 0. The van der Waals surface area contributed by atoms with Crippen LogP contribution in [0.4, 0.5) is 0 Å². The maximum absolute atomic E-state index is 6.35. The van der Waals surface area contributed by atoms with Crippen LogP contribution in [0.5, 0.6) is 0 Å². The summed E-state index contributed by atoms with van der Waals surface area (Å²) in [7, 11) is 0. The standard InChI is InChI=1S/C15H26O3/c1-12(2)13-6-5-8-15(17-13)10-9-14(18-15)7-3-4-11-16-14/h12-13H,3-11H2,1-2H3/t13-,14+,15-/m1/s1. The molecule has 0 saturated carbocycles. The predicted molar refractivity (Wildman–Crippen MR) is 69.1 cm³/mol. The Kier molecular flexibility index (Phi) is 3.41. The number of hydrogen-bond acceptors (Lipinski definition) is 3. The highest BCUT2D eigenvalue weighted by molar-refractivity contribution is 4.91. The van der Waals surface area contributed by atoms with Crippen molar-refractivity contribution in [3.05, 3.63) is 0 Å². The van der Waals surface area contributed by atoms with Crippen LogP contribution < -0.4 is 0 Å². The Morgan fingerprint density at radius 3 is 2.44 bits per heavy atom. The van der Waals surface area contributed by atoms with Gasteiger partial charge >= 0.3 is 0 Å². The summed E-state index contributed by atoms with van der Waals surface area (Å²) in [4.78, 5) is 0. The Morgan fingerprint density at radius 2 is 1.72 bits per heavy atom. The van der Waals surface area contributed by atoms with Gasteiger partial charge < -0.3 is 14.2 Å². The molecule has 0 amide bonds. The molecule has 0 bridgehead atoms. The van der Waals surface area contributed by atoms with Gasteiger partial charge in [0.25, 0.3) is 0 Å². The highest BCUT2D eigenvalue weighted by Gasteiger charge is 2.53. The van der Waals surface area contributed by atoms with E-state index in [2.05, 4.69) is 13.8 Å². The fourth-order valence-electron chi connectivity index (χ4n) is 3.62. The smallest absolute Gasteiger partial charge is 0.172 e. The minimum atomic E-state index is -0.329. The average Bonchev–Trinajstić information content (AvgIpc) is 2.69. The molecule has 0 radical (unpaired) electrons. The molecule has 2 spiro atoms. The van der Waals surface area contributed by atoms with E-state index in [-0.39, 0.29) is 11.6 Å². The third kappa shape index (κ3) is 2.33. The van der Waals surface area contributed by atoms with E-state index in [0.717, 1.165) is 32.3 Å². The molecule has 104 valence electrons. The molecule has 3 heterocycles. The minimum absolute atomic E-state index is 0.308. The average molecular weight is 254 g/mol. The van der Waals surface area contributed by atoms with Gasteiger partial charge in [0, 0.05) is 25.7 Å². The predicted octanol–water partition coefficient (Wildman–Crippen LogP) is 3.62. The van der Waals surface area contributed by atoms with Crippen molar-refractivity contribution in [3.8, 4) is 0 Å². The molecule has 0 aromatic carbocycles. The van der Waals surface area contributed by atoms with Gasteiger partial charge in [-0.1, -0.05) is 13.8 Å². The maximum atomic E-state index is 6.35. The molecule has 3 heteroatoms. The summed E-state index contributed by atoms with van der Waals surface area (Å²) >= 11 is 0. The zero-order valence-electron chi connectivity index (χ0n) is 11.7. The van der Waals surface area contributed by atoms with E-state index in [9.17, 15) is 0 Å². The van der Waals surface area contributed by atoms with Gasteiger partial charge in [-0.2, -0.15) is 0 Å². The molecule has 0 aromatic heterocycles. The van der Waals surface area contributed by atoms with Gasteiger partial charge in [-0.25, -0.2) is 0 Å². The van der Waals surface area contributed by atoms with Crippen molar-refractivity contribution in [1.82, 2.24) is 0 Å². The van der Waals surface area contributed by atoms with Gasteiger partial charge in [-0.15, -0.1) is 0 Å². The molecule has 3 aliphatic heterocycles. The monoisotopic (exact) mass is 254 g/mol. The van der Waals surface area contributed by atoms with Crippen LogP contribution in [0, 0.1) is 5.92 Å².